The zero-order valence-corrected chi connectivity index (χ0v) is 14.5. The van der Waals surface area contributed by atoms with Crippen LogP contribution in [0.5, 0.6) is 0 Å². The monoisotopic (exact) mass is 349 g/mol. The van der Waals surface area contributed by atoms with Crippen LogP contribution in [0.1, 0.15) is 26.2 Å². The molecule has 1 saturated heterocycles. The third-order valence-corrected chi connectivity index (χ3v) is 5.33. The molecule has 1 aromatic heterocycles. The molecule has 0 spiro atoms. The number of amides is 1. The molecule has 0 radical (unpaired) electrons. The first-order valence-electron chi connectivity index (χ1n) is 8.16. The lowest BCUT2D eigenvalue weighted by Crippen LogP contribution is -3.15. The SMILES string of the molecule is Cc1ccc(C(=O)NC[C@@H](c2ccc(F)cc2)[NH+]2CCOCC2)s1. The van der Waals surface area contributed by atoms with Gasteiger partial charge in [0.25, 0.3) is 5.91 Å². The van der Waals surface area contributed by atoms with Crippen molar-refractivity contribution < 1.29 is 18.8 Å². The molecule has 1 atom stereocenters. The van der Waals surface area contributed by atoms with E-state index in [1.165, 1.54) is 28.4 Å². The Morgan fingerprint density at radius 1 is 1.25 bits per heavy atom. The summed E-state index contributed by atoms with van der Waals surface area (Å²) in [6, 6.07) is 10.5. The van der Waals surface area contributed by atoms with E-state index in [2.05, 4.69) is 5.32 Å². The number of carbonyl (C=O) groups is 1. The van der Waals surface area contributed by atoms with Gasteiger partial charge < -0.3 is 15.0 Å². The quantitative estimate of drug-likeness (QED) is 0.861. The zero-order valence-electron chi connectivity index (χ0n) is 13.7. The molecule has 2 heterocycles. The Hall–Kier alpha value is -1.76. The Labute approximate surface area is 145 Å². The largest absolute Gasteiger partial charge is 0.370 e. The Morgan fingerprint density at radius 3 is 2.58 bits per heavy atom. The number of carbonyl (C=O) groups excluding carboxylic acids is 1. The predicted octanol–water partition coefficient (Wildman–Crippen LogP) is 1.58. The molecule has 2 N–H and O–H groups in total. The molecule has 4 nitrogen and oxygen atoms in total. The second-order valence-electron chi connectivity index (χ2n) is 6.00. The van der Waals surface area contributed by atoms with Crippen LogP contribution in [-0.4, -0.2) is 38.8 Å². The van der Waals surface area contributed by atoms with Crippen LogP contribution in [0.25, 0.3) is 0 Å². The molecule has 128 valence electrons. The van der Waals surface area contributed by atoms with Crippen LogP contribution < -0.4 is 10.2 Å². The smallest absolute Gasteiger partial charge is 0.261 e. The first kappa shape index (κ1) is 17.1. The number of rotatable bonds is 5. The molecule has 1 aliphatic rings. The number of nitrogens with one attached hydrogen (secondary N) is 2. The van der Waals surface area contributed by atoms with E-state index < -0.39 is 0 Å². The molecule has 0 saturated carbocycles. The highest BCUT2D eigenvalue weighted by atomic mass is 32.1. The van der Waals surface area contributed by atoms with Gasteiger partial charge in [-0.1, -0.05) is 12.1 Å². The third-order valence-electron chi connectivity index (χ3n) is 4.33. The highest BCUT2D eigenvalue weighted by Crippen LogP contribution is 2.15. The second-order valence-corrected chi connectivity index (χ2v) is 7.28. The molecule has 0 unspecified atom stereocenters. The fourth-order valence-corrected chi connectivity index (χ4v) is 3.80. The Kier molecular flexibility index (Phi) is 5.60. The van der Waals surface area contributed by atoms with Crippen molar-refractivity contribution in [2.24, 2.45) is 0 Å². The second kappa shape index (κ2) is 7.88. The highest BCUT2D eigenvalue weighted by Gasteiger charge is 2.27. The Bertz CT molecular complexity index is 681. The first-order chi connectivity index (χ1) is 11.6. The molecule has 1 aromatic carbocycles. The minimum absolute atomic E-state index is 0.0483. The van der Waals surface area contributed by atoms with Gasteiger partial charge in [-0.15, -0.1) is 11.3 Å². The topological polar surface area (TPSA) is 42.8 Å². The van der Waals surface area contributed by atoms with Crippen LogP contribution in [0.3, 0.4) is 0 Å². The number of ether oxygens (including phenoxy) is 1. The van der Waals surface area contributed by atoms with Gasteiger partial charge in [0.15, 0.2) is 0 Å². The number of benzene rings is 1. The van der Waals surface area contributed by atoms with Gasteiger partial charge in [-0.2, -0.15) is 0 Å². The summed E-state index contributed by atoms with van der Waals surface area (Å²) in [4.78, 5) is 15.5. The molecule has 2 aromatic rings. The average molecular weight is 349 g/mol. The minimum atomic E-state index is -0.243. The Morgan fingerprint density at radius 2 is 1.96 bits per heavy atom. The van der Waals surface area contributed by atoms with Crippen LogP contribution in [0.2, 0.25) is 0 Å². The third kappa shape index (κ3) is 4.20. The molecule has 3 rings (SSSR count). The van der Waals surface area contributed by atoms with E-state index in [4.69, 9.17) is 4.74 Å². The van der Waals surface area contributed by atoms with Crippen molar-refractivity contribution in [2.45, 2.75) is 13.0 Å². The molecule has 0 aliphatic carbocycles. The van der Waals surface area contributed by atoms with Crippen molar-refractivity contribution in [3.63, 3.8) is 0 Å². The van der Waals surface area contributed by atoms with E-state index in [1.807, 2.05) is 31.2 Å². The van der Waals surface area contributed by atoms with E-state index in [1.54, 1.807) is 0 Å². The van der Waals surface area contributed by atoms with Crippen LogP contribution in [-0.2, 0) is 4.74 Å². The number of morpholine rings is 1. The molecular formula is C18H22FN2O2S+. The molecule has 6 heteroatoms. The van der Waals surface area contributed by atoms with Gasteiger partial charge in [-0.05, 0) is 31.2 Å². The van der Waals surface area contributed by atoms with Crippen LogP contribution in [0.4, 0.5) is 4.39 Å². The van der Waals surface area contributed by atoms with Gasteiger partial charge in [-0.3, -0.25) is 4.79 Å². The van der Waals surface area contributed by atoms with Gasteiger partial charge in [0.05, 0.1) is 24.6 Å². The lowest BCUT2D eigenvalue weighted by Gasteiger charge is -2.32. The van der Waals surface area contributed by atoms with Crippen molar-refractivity contribution in [3.8, 4) is 0 Å². The summed E-state index contributed by atoms with van der Waals surface area (Å²) in [5.74, 6) is -0.291. The summed E-state index contributed by atoms with van der Waals surface area (Å²) in [6.07, 6.45) is 0. The summed E-state index contributed by atoms with van der Waals surface area (Å²) in [5.41, 5.74) is 1.04. The lowest BCUT2D eigenvalue weighted by molar-refractivity contribution is -0.937. The maximum atomic E-state index is 13.2. The van der Waals surface area contributed by atoms with E-state index in [0.717, 1.165) is 28.4 Å². The van der Waals surface area contributed by atoms with E-state index in [-0.39, 0.29) is 17.8 Å². The normalized spacial score (nSPS) is 16.8. The maximum Gasteiger partial charge on any atom is 0.261 e. The summed E-state index contributed by atoms with van der Waals surface area (Å²) >= 11 is 1.49. The molecule has 1 aliphatic heterocycles. The summed E-state index contributed by atoms with van der Waals surface area (Å²) in [7, 11) is 0. The average Bonchev–Trinajstić information content (AvgIpc) is 3.04. The fourth-order valence-electron chi connectivity index (χ4n) is 3.01. The highest BCUT2D eigenvalue weighted by molar-refractivity contribution is 7.13. The first-order valence-corrected chi connectivity index (χ1v) is 8.97. The molecular weight excluding hydrogens is 327 g/mol. The van der Waals surface area contributed by atoms with Crippen molar-refractivity contribution in [2.75, 3.05) is 32.8 Å². The van der Waals surface area contributed by atoms with Gasteiger partial charge in [0, 0.05) is 10.4 Å². The summed E-state index contributed by atoms with van der Waals surface area (Å²) < 4.78 is 18.7. The number of quaternary nitrogens is 1. The van der Waals surface area contributed by atoms with Crippen molar-refractivity contribution in [3.05, 3.63) is 57.5 Å². The Balaban J connectivity index is 1.71. The molecule has 24 heavy (non-hydrogen) atoms. The predicted molar refractivity (Wildman–Crippen MR) is 92.0 cm³/mol. The van der Waals surface area contributed by atoms with Crippen LogP contribution in [0.15, 0.2) is 36.4 Å². The van der Waals surface area contributed by atoms with Gasteiger partial charge in [0.2, 0.25) is 0 Å². The lowest BCUT2D eigenvalue weighted by atomic mass is 10.0. The van der Waals surface area contributed by atoms with Crippen molar-refractivity contribution in [1.29, 1.82) is 0 Å². The number of hydrogen-bond acceptors (Lipinski definition) is 3. The number of halogens is 1. The van der Waals surface area contributed by atoms with Crippen LogP contribution in [0, 0.1) is 12.7 Å². The summed E-state index contributed by atoms with van der Waals surface area (Å²) in [6.45, 7) is 5.71. The maximum absolute atomic E-state index is 13.2. The molecule has 0 bridgehead atoms. The molecule has 1 fully saturated rings. The number of hydrogen-bond donors (Lipinski definition) is 2. The van der Waals surface area contributed by atoms with Crippen LogP contribution >= 0.6 is 11.3 Å². The number of thiophene rings is 1. The van der Waals surface area contributed by atoms with Crippen molar-refractivity contribution in [1.82, 2.24) is 5.32 Å². The molecule has 1 amide bonds. The van der Waals surface area contributed by atoms with E-state index >= 15 is 0 Å². The van der Waals surface area contributed by atoms with Gasteiger partial charge in [-0.25, -0.2) is 4.39 Å². The van der Waals surface area contributed by atoms with E-state index in [0.29, 0.717) is 19.8 Å². The fraction of sp³-hybridized carbons (Fsp3) is 0.389. The standard InChI is InChI=1S/C18H21FN2O2S/c1-13-2-7-17(24-13)18(22)20-12-16(21-8-10-23-11-9-21)14-3-5-15(19)6-4-14/h2-7,16H,8-12H2,1H3,(H,20,22)/p+1/t16-/m0/s1. The minimum Gasteiger partial charge on any atom is -0.370 e. The van der Waals surface area contributed by atoms with Gasteiger partial charge in [0.1, 0.15) is 24.9 Å². The number of aryl methyl sites for hydroxylation is 1. The zero-order chi connectivity index (χ0) is 16.9. The van der Waals surface area contributed by atoms with Crippen molar-refractivity contribution >= 4 is 17.2 Å². The van der Waals surface area contributed by atoms with Gasteiger partial charge >= 0.3 is 0 Å². The van der Waals surface area contributed by atoms with E-state index in [9.17, 15) is 9.18 Å². The summed E-state index contributed by atoms with van der Waals surface area (Å²) in [5, 5.41) is 3.04.